The number of halogens is 1. The minimum atomic E-state index is -0.112. The van der Waals surface area contributed by atoms with Gasteiger partial charge >= 0.3 is 0 Å². The molecule has 2 rings (SSSR count). The minimum absolute atomic E-state index is 0.112. The Morgan fingerprint density at radius 1 is 1.19 bits per heavy atom. The zero-order valence-corrected chi connectivity index (χ0v) is 13.5. The van der Waals surface area contributed by atoms with Gasteiger partial charge in [-0.05, 0) is 43.4 Å². The summed E-state index contributed by atoms with van der Waals surface area (Å²) in [6.07, 6.45) is 2.02. The van der Waals surface area contributed by atoms with Crippen LogP contribution < -0.4 is 5.32 Å². The Morgan fingerprint density at radius 2 is 1.81 bits per heavy atom. The maximum Gasteiger partial charge on any atom is 0.203 e. The highest BCUT2D eigenvalue weighted by molar-refractivity contribution is 5.34. The van der Waals surface area contributed by atoms with Crippen LogP contribution in [0.1, 0.15) is 36.2 Å². The molecule has 0 aliphatic heterocycles. The van der Waals surface area contributed by atoms with Crippen molar-refractivity contribution in [2.75, 3.05) is 11.9 Å². The fourth-order valence-corrected chi connectivity index (χ4v) is 2.43. The van der Waals surface area contributed by atoms with Crippen molar-refractivity contribution < 1.29 is 4.39 Å². The molecule has 0 aliphatic carbocycles. The van der Waals surface area contributed by atoms with Gasteiger partial charge in [-0.25, -0.2) is 9.37 Å². The van der Waals surface area contributed by atoms with Gasteiger partial charge in [0.25, 0.3) is 0 Å². The average molecular weight is 289 g/mol. The number of aryl methyl sites for hydroxylation is 3. The standard InChI is InChI=1S/C17H24FN3/c1-11(2)8-19-17-20-14(5)9-21(17)10-15-6-12(3)16(18)13(4)7-15/h6-7,9,11H,8,10H2,1-5H3,(H,19,20). The van der Waals surface area contributed by atoms with E-state index in [0.717, 1.165) is 23.8 Å². The van der Waals surface area contributed by atoms with Crippen molar-refractivity contribution in [2.45, 2.75) is 41.2 Å². The summed E-state index contributed by atoms with van der Waals surface area (Å²) >= 11 is 0. The molecule has 21 heavy (non-hydrogen) atoms. The number of aromatic nitrogens is 2. The third-order valence-corrected chi connectivity index (χ3v) is 3.41. The molecule has 1 aromatic carbocycles. The SMILES string of the molecule is Cc1cn(Cc2cc(C)c(F)c(C)c2)c(NCC(C)C)n1. The molecule has 2 aromatic rings. The predicted octanol–water partition coefficient (Wildman–Crippen LogP) is 4.06. The molecule has 0 atom stereocenters. The van der Waals surface area contributed by atoms with Crippen LogP contribution in [0.4, 0.5) is 10.3 Å². The minimum Gasteiger partial charge on any atom is -0.355 e. The van der Waals surface area contributed by atoms with E-state index in [1.807, 2.05) is 39.1 Å². The van der Waals surface area contributed by atoms with Crippen LogP contribution >= 0.6 is 0 Å². The maximum atomic E-state index is 13.7. The number of anilines is 1. The summed E-state index contributed by atoms with van der Waals surface area (Å²) in [7, 11) is 0. The van der Waals surface area contributed by atoms with Crippen molar-refractivity contribution in [1.82, 2.24) is 9.55 Å². The number of rotatable bonds is 5. The third-order valence-electron chi connectivity index (χ3n) is 3.41. The molecular weight excluding hydrogens is 265 g/mol. The molecule has 0 saturated carbocycles. The van der Waals surface area contributed by atoms with Crippen LogP contribution in [0, 0.1) is 32.5 Å². The molecule has 0 aliphatic rings. The van der Waals surface area contributed by atoms with Gasteiger partial charge in [-0.1, -0.05) is 26.0 Å². The normalized spacial score (nSPS) is 11.2. The first-order valence-electron chi connectivity index (χ1n) is 7.40. The Hall–Kier alpha value is -1.84. The average Bonchev–Trinajstić information content (AvgIpc) is 2.73. The van der Waals surface area contributed by atoms with Crippen molar-refractivity contribution in [1.29, 1.82) is 0 Å². The summed E-state index contributed by atoms with van der Waals surface area (Å²) in [5.74, 6) is 1.32. The van der Waals surface area contributed by atoms with E-state index in [0.29, 0.717) is 23.6 Å². The molecule has 0 unspecified atom stereocenters. The lowest BCUT2D eigenvalue weighted by atomic mass is 10.1. The van der Waals surface area contributed by atoms with Crippen LogP contribution in [0.5, 0.6) is 0 Å². The lowest BCUT2D eigenvalue weighted by Crippen LogP contribution is -2.13. The molecule has 1 aromatic heterocycles. The van der Waals surface area contributed by atoms with E-state index in [1.54, 1.807) is 0 Å². The Balaban J connectivity index is 2.23. The van der Waals surface area contributed by atoms with Gasteiger partial charge in [0, 0.05) is 12.7 Å². The lowest BCUT2D eigenvalue weighted by molar-refractivity contribution is 0.607. The summed E-state index contributed by atoms with van der Waals surface area (Å²) in [4.78, 5) is 4.52. The summed E-state index contributed by atoms with van der Waals surface area (Å²) in [5, 5.41) is 3.37. The van der Waals surface area contributed by atoms with E-state index in [9.17, 15) is 4.39 Å². The third kappa shape index (κ3) is 3.84. The Kier molecular flexibility index (Phi) is 4.66. The van der Waals surface area contributed by atoms with Crippen LogP contribution in [-0.4, -0.2) is 16.1 Å². The molecule has 0 bridgehead atoms. The van der Waals surface area contributed by atoms with E-state index < -0.39 is 0 Å². The largest absolute Gasteiger partial charge is 0.355 e. The number of nitrogens with one attached hydrogen (secondary N) is 1. The zero-order valence-electron chi connectivity index (χ0n) is 13.5. The van der Waals surface area contributed by atoms with Crippen LogP contribution in [0.2, 0.25) is 0 Å². The molecule has 0 saturated heterocycles. The van der Waals surface area contributed by atoms with Gasteiger partial charge in [-0.2, -0.15) is 0 Å². The van der Waals surface area contributed by atoms with E-state index >= 15 is 0 Å². The van der Waals surface area contributed by atoms with Crippen LogP contribution in [0.15, 0.2) is 18.3 Å². The van der Waals surface area contributed by atoms with Gasteiger partial charge in [-0.15, -0.1) is 0 Å². The summed E-state index contributed by atoms with van der Waals surface area (Å²) in [6, 6.07) is 3.81. The number of nitrogens with zero attached hydrogens (tertiary/aromatic N) is 2. The van der Waals surface area contributed by atoms with Gasteiger partial charge in [0.2, 0.25) is 5.95 Å². The molecule has 0 radical (unpaired) electrons. The lowest BCUT2D eigenvalue weighted by Gasteiger charge is -2.12. The maximum absolute atomic E-state index is 13.7. The monoisotopic (exact) mass is 289 g/mol. The number of hydrogen-bond donors (Lipinski definition) is 1. The topological polar surface area (TPSA) is 29.9 Å². The zero-order chi connectivity index (χ0) is 15.6. The summed E-state index contributed by atoms with van der Waals surface area (Å²) in [6.45, 7) is 11.5. The number of imidazole rings is 1. The fraction of sp³-hybridized carbons (Fsp3) is 0.471. The summed E-state index contributed by atoms with van der Waals surface area (Å²) < 4.78 is 15.8. The van der Waals surface area contributed by atoms with E-state index in [-0.39, 0.29) is 5.82 Å². The molecule has 4 heteroatoms. The van der Waals surface area contributed by atoms with Crippen molar-refractivity contribution in [3.8, 4) is 0 Å². The molecular formula is C17H24FN3. The molecule has 0 spiro atoms. The highest BCUT2D eigenvalue weighted by atomic mass is 19.1. The molecule has 0 amide bonds. The Labute approximate surface area is 126 Å². The highest BCUT2D eigenvalue weighted by Gasteiger charge is 2.09. The van der Waals surface area contributed by atoms with Crippen LogP contribution in [0.3, 0.4) is 0 Å². The van der Waals surface area contributed by atoms with E-state index in [4.69, 9.17) is 0 Å². The van der Waals surface area contributed by atoms with Crippen molar-refractivity contribution in [2.24, 2.45) is 5.92 Å². The number of hydrogen-bond acceptors (Lipinski definition) is 2. The first kappa shape index (κ1) is 15.5. The first-order chi connectivity index (χ1) is 9.86. The smallest absolute Gasteiger partial charge is 0.203 e. The van der Waals surface area contributed by atoms with Gasteiger partial charge in [0.05, 0.1) is 12.2 Å². The molecule has 114 valence electrons. The molecule has 1 N–H and O–H groups in total. The fourth-order valence-electron chi connectivity index (χ4n) is 2.43. The highest BCUT2D eigenvalue weighted by Crippen LogP contribution is 2.18. The van der Waals surface area contributed by atoms with E-state index in [2.05, 4.69) is 28.7 Å². The van der Waals surface area contributed by atoms with E-state index in [1.165, 1.54) is 0 Å². The van der Waals surface area contributed by atoms with Crippen LogP contribution in [0.25, 0.3) is 0 Å². The second-order valence-corrected chi connectivity index (χ2v) is 6.15. The van der Waals surface area contributed by atoms with Crippen molar-refractivity contribution in [3.63, 3.8) is 0 Å². The van der Waals surface area contributed by atoms with Crippen LogP contribution in [-0.2, 0) is 6.54 Å². The molecule has 0 fully saturated rings. The quantitative estimate of drug-likeness (QED) is 0.899. The number of benzene rings is 1. The van der Waals surface area contributed by atoms with Gasteiger partial charge < -0.3 is 9.88 Å². The summed E-state index contributed by atoms with van der Waals surface area (Å²) in [5.41, 5.74) is 3.46. The Bertz CT molecular complexity index is 606. The predicted molar refractivity (Wildman–Crippen MR) is 85.3 cm³/mol. The van der Waals surface area contributed by atoms with Gasteiger partial charge in [-0.3, -0.25) is 0 Å². The van der Waals surface area contributed by atoms with Gasteiger partial charge in [0.15, 0.2) is 0 Å². The van der Waals surface area contributed by atoms with Gasteiger partial charge in [0.1, 0.15) is 5.82 Å². The van der Waals surface area contributed by atoms with Crippen molar-refractivity contribution >= 4 is 5.95 Å². The molecule has 3 nitrogen and oxygen atoms in total. The first-order valence-corrected chi connectivity index (χ1v) is 7.40. The second kappa shape index (κ2) is 6.29. The Morgan fingerprint density at radius 3 is 2.38 bits per heavy atom. The van der Waals surface area contributed by atoms with Crippen molar-refractivity contribution in [3.05, 3.63) is 46.5 Å². The molecule has 1 heterocycles. The second-order valence-electron chi connectivity index (χ2n) is 6.15.